The van der Waals surface area contributed by atoms with Crippen molar-refractivity contribution in [1.29, 1.82) is 0 Å². The summed E-state index contributed by atoms with van der Waals surface area (Å²) in [6.45, 7) is 0.782. The fraction of sp³-hybridized carbons (Fsp3) is 0.545. The van der Waals surface area contributed by atoms with E-state index in [-0.39, 0.29) is 5.69 Å². The predicted octanol–water partition coefficient (Wildman–Crippen LogP) is 3.31. The predicted molar refractivity (Wildman–Crippen MR) is 77.1 cm³/mol. The molecule has 7 heteroatoms. The maximum atomic E-state index is 10.9. The van der Waals surface area contributed by atoms with Crippen LogP contribution in [0.3, 0.4) is 0 Å². The molecule has 0 aliphatic carbocycles. The van der Waals surface area contributed by atoms with Crippen molar-refractivity contribution in [2.75, 3.05) is 23.4 Å². The molecule has 0 saturated carbocycles. The molecular weight excluding hydrogens is 318 g/mol. The lowest BCUT2D eigenvalue weighted by Crippen LogP contribution is -2.19. The van der Waals surface area contributed by atoms with Gasteiger partial charge >= 0.3 is 5.69 Å². The quantitative estimate of drug-likeness (QED) is 0.677. The van der Waals surface area contributed by atoms with Gasteiger partial charge in [-0.25, -0.2) is 0 Å². The monoisotopic (exact) mass is 331 g/mol. The van der Waals surface area contributed by atoms with Gasteiger partial charge in [0.25, 0.3) is 0 Å². The summed E-state index contributed by atoms with van der Waals surface area (Å²) in [7, 11) is 0. The van der Waals surface area contributed by atoms with Crippen LogP contribution in [0.5, 0.6) is 0 Å². The molecule has 0 radical (unpaired) electrons. The highest BCUT2D eigenvalue weighted by Crippen LogP contribution is 2.32. The number of nitrogens with one attached hydrogen (secondary N) is 1. The molecule has 0 aromatic carbocycles. The number of anilines is 1. The number of thioether (sulfide) groups is 1. The first-order chi connectivity index (χ1) is 8.68. The Bertz CT molecular complexity index is 438. The lowest BCUT2D eigenvalue weighted by atomic mass is 10.0. The summed E-state index contributed by atoms with van der Waals surface area (Å²) in [5, 5.41) is 14.1. The first kappa shape index (κ1) is 13.6. The Morgan fingerprint density at radius 2 is 2.22 bits per heavy atom. The van der Waals surface area contributed by atoms with E-state index in [1.54, 1.807) is 6.20 Å². The van der Waals surface area contributed by atoms with Gasteiger partial charge in [0.2, 0.25) is 0 Å². The van der Waals surface area contributed by atoms with Crippen LogP contribution in [0.1, 0.15) is 12.8 Å². The number of nitro groups is 1. The molecule has 5 nitrogen and oxygen atoms in total. The summed E-state index contributed by atoms with van der Waals surface area (Å²) >= 11 is 5.28. The highest BCUT2D eigenvalue weighted by atomic mass is 79.9. The molecule has 1 saturated heterocycles. The van der Waals surface area contributed by atoms with Gasteiger partial charge < -0.3 is 5.32 Å². The minimum Gasteiger partial charge on any atom is -0.378 e. The van der Waals surface area contributed by atoms with Crippen molar-refractivity contribution >= 4 is 39.1 Å². The summed E-state index contributed by atoms with van der Waals surface area (Å²) in [4.78, 5) is 14.3. The lowest BCUT2D eigenvalue weighted by Gasteiger charge is -2.22. The van der Waals surface area contributed by atoms with Gasteiger partial charge in [-0.05, 0) is 46.2 Å². The summed E-state index contributed by atoms with van der Waals surface area (Å²) in [6, 6.07) is 0. The number of pyridine rings is 1. The van der Waals surface area contributed by atoms with E-state index in [0.717, 1.165) is 6.54 Å². The molecule has 0 atom stereocenters. The summed E-state index contributed by atoms with van der Waals surface area (Å²) in [5.74, 6) is 2.98. The van der Waals surface area contributed by atoms with E-state index in [2.05, 4.69) is 26.2 Å². The van der Waals surface area contributed by atoms with E-state index < -0.39 is 4.92 Å². The second kappa shape index (κ2) is 6.38. The normalized spacial score (nSPS) is 16.5. The Labute approximate surface area is 118 Å². The van der Waals surface area contributed by atoms with Crippen LogP contribution >= 0.6 is 27.7 Å². The molecule has 1 aliphatic heterocycles. The average Bonchev–Trinajstić information content (AvgIpc) is 2.38. The minimum atomic E-state index is -0.406. The summed E-state index contributed by atoms with van der Waals surface area (Å²) in [6.07, 6.45) is 5.21. The van der Waals surface area contributed by atoms with E-state index in [4.69, 9.17) is 0 Å². The van der Waals surface area contributed by atoms with Crippen LogP contribution in [0.4, 0.5) is 11.4 Å². The molecule has 1 aromatic rings. The van der Waals surface area contributed by atoms with Crippen LogP contribution < -0.4 is 5.32 Å². The fourth-order valence-electron chi connectivity index (χ4n) is 1.94. The topological polar surface area (TPSA) is 68.1 Å². The summed E-state index contributed by atoms with van der Waals surface area (Å²) in [5.41, 5.74) is 0.558. The standard InChI is InChI=1S/C11H14BrN3O2S/c12-9-6-13-7-10(15(16)17)11(9)14-5-8-1-3-18-4-2-8/h6-8H,1-5H2,(H,13,14). The SMILES string of the molecule is O=[N+]([O-])c1cncc(Br)c1NCC1CCSCC1. The van der Waals surface area contributed by atoms with Gasteiger partial charge in [0, 0.05) is 12.7 Å². The second-order valence-electron chi connectivity index (χ2n) is 4.21. The molecule has 0 unspecified atom stereocenters. The number of nitrogens with zero attached hydrogens (tertiary/aromatic N) is 2. The summed E-state index contributed by atoms with van der Waals surface area (Å²) < 4.78 is 0.641. The van der Waals surface area contributed by atoms with Crippen LogP contribution in [0, 0.1) is 16.0 Å². The van der Waals surface area contributed by atoms with Crippen molar-refractivity contribution in [2.45, 2.75) is 12.8 Å². The highest BCUT2D eigenvalue weighted by Gasteiger charge is 2.19. The van der Waals surface area contributed by atoms with Crippen LogP contribution in [0.15, 0.2) is 16.9 Å². The average molecular weight is 332 g/mol. The van der Waals surface area contributed by atoms with Gasteiger partial charge in [0.1, 0.15) is 11.9 Å². The van der Waals surface area contributed by atoms with Crippen LogP contribution in [0.2, 0.25) is 0 Å². The zero-order valence-corrected chi connectivity index (χ0v) is 12.2. The van der Waals surface area contributed by atoms with Gasteiger partial charge in [-0.2, -0.15) is 11.8 Å². The van der Waals surface area contributed by atoms with E-state index >= 15 is 0 Å². The zero-order valence-electron chi connectivity index (χ0n) is 9.76. The molecule has 1 aliphatic rings. The van der Waals surface area contributed by atoms with Crippen molar-refractivity contribution in [3.63, 3.8) is 0 Å². The molecule has 0 spiro atoms. The molecule has 0 bridgehead atoms. The maximum Gasteiger partial charge on any atom is 0.311 e. The molecule has 98 valence electrons. The van der Waals surface area contributed by atoms with E-state index in [1.807, 2.05) is 11.8 Å². The number of halogens is 1. The van der Waals surface area contributed by atoms with Crippen molar-refractivity contribution in [3.05, 3.63) is 27.0 Å². The first-order valence-corrected chi connectivity index (χ1v) is 7.72. The smallest absolute Gasteiger partial charge is 0.311 e. The number of rotatable bonds is 4. The van der Waals surface area contributed by atoms with Crippen molar-refractivity contribution in [2.24, 2.45) is 5.92 Å². The van der Waals surface area contributed by atoms with Crippen molar-refractivity contribution in [3.8, 4) is 0 Å². The third kappa shape index (κ3) is 3.35. The van der Waals surface area contributed by atoms with Crippen molar-refractivity contribution in [1.82, 2.24) is 4.98 Å². The molecule has 18 heavy (non-hydrogen) atoms. The van der Waals surface area contributed by atoms with E-state index in [1.165, 1.54) is 30.5 Å². The second-order valence-corrected chi connectivity index (χ2v) is 6.29. The Hall–Kier alpha value is -0.820. The van der Waals surface area contributed by atoms with Gasteiger partial charge in [0.05, 0.1) is 9.40 Å². The molecule has 2 rings (SSSR count). The largest absolute Gasteiger partial charge is 0.378 e. The lowest BCUT2D eigenvalue weighted by molar-refractivity contribution is -0.384. The first-order valence-electron chi connectivity index (χ1n) is 5.78. The van der Waals surface area contributed by atoms with Gasteiger partial charge in [-0.3, -0.25) is 15.1 Å². The molecule has 1 aromatic heterocycles. The highest BCUT2D eigenvalue weighted by molar-refractivity contribution is 9.10. The zero-order chi connectivity index (χ0) is 13.0. The third-order valence-electron chi connectivity index (χ3n) is 2.98. The Kier molecular flexibility index (Phi) is 4.82. The van der Waals surface area contributed by atoms with Gasteiger partial charge in [0.15, 0.2) is 0 Å². The molecule has 2 heterocycles. The number of hydrogen-bond donors (Lipinski definition) is 1. The Balaban J connectivity index is 2.05. The van der Waals surface area contributed by atoms with Crippen LogP contribution in [0.25, 0.3) is 0 Å². The fourth-order valence-corrected chi connectivity index (χ4v) is 3.60. The Morgan fingerprint density at radius 1 is 1.50 bits per heavy atom. The minimum absolute atomic E-state index is 0.0227. The number of aromatic nitrogens is 1. The van der Waals surface area contributed by atoms with E-state index in [0.29, 0.717) is 16.1 Å². The van der Waals surface area contributed by atoms with Gasteiger partial charge in [-0.15, -0.1) is 0 Å². The molecule has 1 N–H and O–H groups in total. The molecular formula is C11H14BrN3O2S. The van der Waals surface area contributed by atoms with E-state index in [9.17, 15) is 10.1 Å². The Morgan fingerprint density at radius 3 is 2.89 bits per heavy atom. The number of hydrogen-bond acceptors (Lipinski definition) is 5. The maximum absolute atomic E-state index is 10.9. The molecule has 1 fully saturated rings. The van der Waals surface area contributed by atoms with Crippen LogP contribution in [-0.4, -0.2) is 28.0 Å². The molecule has 0 amide bonds. The third-order valence-corrected chi connectivity index (χ3v) is 4.63. The van der Waals surface area contributed by atoms with Crippen LogP contribution in [-0.2, 0) is 0 Å². The van der Waals surface area contributed by atoms with Crippen molar-refractivity contribution < 1.29 is 4.92 Å². The van der Waals surface area contributed by atoms with Gasteiger partial charge in [-0.1, -0.05) is 0 Å².